The summed E-state index contributed by atoms with van der Waals surface area (Å²) >= 11 is 0. The van der Waals surface area contributed by atoms with Gasteiger partial charge in [0.25, 0.3) is 0 Å². The van der Waals surface area contributed by atoms with Crippen molar-refractivity contribution < 1.29 is 0 Å². The summed E-state index contributed by atoms with van der Waals surface area (Å²) in [5.74, 6) is 0. The molecule has 0 heterocycles. The molecule has 0 aliphatic rings. The van der Waals surface area contributed by atoms with Crippen LogP contribution in [-0.2, 0) is 0 Å². The van der Waals surface area contributed by atoms with Crippen molar-refractivity contribution in [2.24, 2.45) is 0 Å². The van der Waals surface area contributed by atoms with Gasteiger partial charge in [0.2, 0.25) is 0 Å². The van der Waals surface area contributed by atoms with Crippen LogP contribution in [0.4, 0.5) is 0 Å². The van der Waals surface area contributed by atoms with Crippen LogP contribution in [0.25, 0.3) is 77.9 Å². The molecule has 0 saturated carbocycles. The van der Waals surface area contributed by atoms with Gasteiger partial charge < -0.3 is 0 Å². The fourth-order valence-electron chi connectivity index (χ4n) is 9.05. The molecule has 0 nitrogen and oxygen atoms in total. The second kappa shape index (κ2) is 15.6. The first kappa shape index (κ1) is 38.6. The lowest BCUT2D eigenvalue weighted by molar-refractivity contribution is 1.37. The molecule has 8 aromatic carbocycles. The van der Waals surface area contributed by atoms with Crippen LogP contribution in [0.5, 0.6) is 0 Å². The summed E-state index contributed by atoms with van der Waals surface area (Å²) in [5, 5.41) is 0. The van der Waals surface area contributed by atoms with Gasteiger partial charge in [0.15, 0.2) is 0 Å². The smallest absolute Gasteiger partial charge is 0.0171 e. The minimum atomic E-state index is 1.21. The second-order valence-electron chi connectivity index (χ2n) is 17.3. The number of hydrogen-bond donors (Lipinski definition) is 0. The zero-order valence-corrected chi connectivity index (χ0v) is 35.9. The van der Waals surface area contributed by atoms with Crippen LogP contribution in [0.15, 0.2) is 146 Å². The van der Waals surface area contributed by atoms with Crippen molar-refractivity contribution in [2.75, 3.05) is 0 Å². The summed E-state index contributed by atoms with van der Waals surface area (Å²) in [6, 6.07) is 56.0. The molecule has 0 unspecified atom stereocenters. The van der Waals surface area contributed by atoms with Crippen molar-refractivity contribution in [3.63, 3.8) is 0 Å². The molecule has 8 rings (SSSR count). The third-order valence-electron chi connectivity index (χ3n) is 11.2. The van der Waals surface area contributed by atoms with E-state index in [1.807, 2.05) is 0 Å². The fraction of sp³-hybridized carbons (Fsp3) is 0.172. The highest BCUT2D eigenvalue weighted by Gasteiger charge is 2.15. The standard InChI is InChI=1S/C58H54/c1-35-11-36(2)16-45(15-35)49-23-43(9)24-50(27-49)51-25-44(10)26-52(28-51)56-30-55(48-21-41(7)14-42(8)22-48)33-58(34-56)57-31-53(46-17-37(3)12-38(4)18-46)29-54(32-57)47-19-39(5)13-40(6)20-47/h11-34H,1-10H3. The first-order valence-electron chi connectivity index (χ1n) is 20.6. The van der Waals surface area contributed by atoms with Gasteiger partial charge in [-0.25, -0.2) is 0 Å². The summed E-state index contributed by atoms with van der Waals surface area (Å²) in [5.41, 5.74) is 30.0. The third-order valence-corrected chi connectivity index (χ3v) is 11.2. The lowest BCUT2D eigenvalue weighted by Crippen LogP contribution is -1.92. The first-order chi connectivity index (χ1) is 27.7. The van der Waals surface area contributed by atoms with Gasteiger partial charge in [-0.3, -0.25) is 0 Å². The molecule has 0 aliphatic carbocycles. The molecule has 58 heavy (non-hydrogen) atoms. The third kappa shape index (κ3) is 8.53. The molecule has 286 valence electrons. The molecule has 0 heteroatoms. The van der Waals surface area contributed by atoms with Gasteiger partial charge in [-0.2, -0.15) is 0 Å². The Morgan fingerprint density at radius 3 is 0.345 bits per heavy atom. The van der Waals surface area contributed by atoms with Gasteiger partial charge in [0.05, 0.1) is 0 Å². The van der Waals surface area contributed by atoms with E-state index in [0.717, 1.165) is 0 Å². The van der Waals surface area contributed by atoms with Crippen molar-refractivity contribution >= 4 is 0 Å². The van der Waals surface area contributed by atoms with Gasteiger partial charge in [0.1, 0.15) is 0 Å². The van der Waals surface area contributed by atoms with E-state index in [-0.39, 0.29) is 0 Å². The van der Waals surface area contributed by atoms with Gasteiger partial charge in [-0.05, 0) is 207 Å². The van der Waals surface area contributed by atoms with E-state index in [2.05, 4.69) is 215 Å². The molecule has 0 fully saturated rings. The SMILES string of the molecule is Cc1cc(C)cc(-c2cc(C)cc(-c3cc(C)cc(-c4cc(-c5cc(C)cc(C)c5)cc(-c5cc(-c6cc(C)cc(C)c6)cc(-c6cc(C)cc(C)c6)c5)c4)c3)c2)c1. The molecule has 8 aromatic rings. The van der Waals surface area contributed by atoms with Crippen LogP contribution in [0, 0.1) is 69.2 Å². The Bertz CT molecular complexity index is 2730. The number of rotatable bonds is 7. The Labute approximate surface area is 346 Å². The molecule has 0 bridgehead atoms. The molecule has 0 N–H and O–H groups in total. The largest absolute Gasteiger partial charge is 0.0563 e. The molecular formula is C58H54. The molecular weight excluding hydrogens is 697 g/mol. The summed E-state index contributed by atoms with van der Waals surface area (Å²) in [7, 11) is 0. The Morgan fingerprint density at radius 1 is 0.121 bits per heavy atom. The lowest BCUT2D eigenvalue weighted by Gasteiger charge is -2.17. The number of aryl methyl sites for hydroxylation is 10. The van der Waals surface area contributed by atoms with E-state index < -0.39 is 0 Å². The molecule has 0 aromatic heterocycles. The van der Waals surface area contributed by atoms with Crippen LogP contribution in [0.2, 0.25) is 0 Å². The van der Waals surface area contributed by atoms with Crippen molar-refractivity contribution in [3.05, 3.63) is 201 Å². The fourth-order valence-corrected chi connectivity index (χ4v) is 9.05. The Morgan fingerprint density at radius 2 is 0.207 bits per heavy atom. The average molecular weight is 751 g/mol. The average Bonchev–Trinajstić information content (AvgIpc) is 3.15. The van der Waals surface area contributed by atoms with Gasteiger partial charge >= 0.3 is 0 Å². The molecule has 0 aliphatic heterocycles. The van der Waals surface area contributed by atoms with Gasteiger partial charge in [0, 0.05) is 0 Å². The predicted octanol–water partition coefficient (Wildman–Crippen LogP) is 16.4. The highest BCUT2D eigenvalue weighted by molar-refractivity contribution is 5.88. The van der Waals surface area contributed by atoms with E-state index in [9.17, 15) is 0 Å². The zero-order valence-electron chi connectivity index (χ0n) is 35.9. The molecule has 0 atom stereocenters. The monoisotopic (exact) mass is 750 g/mol. The summed E-state index contributed by atoms with van der Waals surface area (Å²) in [4.78, 5) is 0. The lowest BCUT2D eigenvalue weighted by atomic mass is 9.87. The summed E-state index contributed by atoms with van der Waals surface area (Å²) < 4.78 is 0. The van der Waals surface area contributed by atoms with Crippen molar-refractivity contribution in [1.82, 2.24) is 0 Å². The molecule has 0 saturated heterocycles. The van der Waals surface area contributed by atoms with Gasteiger partial charge in [-0.15, -0.1) is 0 Å². The normalized spacial score (nSPS) is 11.3. The minimum Gasteiger partial charge on any atom is -0.0563 e. The summed E-state index contributed by atoms with van der Waals surface area (Å²) in [6.45, 7) is 22.0. The van der Waals surface area contributed by atoms with E-state index in [1.165, 1.54) is 134 Å². The van der Waals surface area contributed by atoms with Crippen LogP contribution in [0.3, 0.4) is 0 Å². The van der Waals surface area contributed by atoms with E-state index >= 15 is 0 Å². The van der Waals surface area contributed by atoms with Crippen molar-refractivity contribution in [3.8, 4) is 77.9 Å². The van der Waals surface area contributed by atoms with Gasteiger partial charge in [-0.1, -0.05) is 142 Å². The van der Waals surface area contributed by atoms with E-state index in [4.69, 9.17) is 0 Å². The van der Waals surface area contributed by atoms with E-state index in [1.54, 1.807) is 0 Å². The molecule has 0 radical (unpaired) electrons. The quantitative estimate of drug-likeness (QED) is 0.152. The maximum Gasteiger partial charge on any atom is -0.0171 e. The van der Waals surface area contributed by atoms with Crippen LogP contribution in [0.1, 0.15) is 55.6 Å². The maximum absolute atomic E-state index is 2.41. The Hall–Kier alpha value is -6.24. The zero-order chi connectivity index (χ0) is 40.8. The number of benzene rings is 8. The molecule has 0 amide bonds. The Kier molecular flexibility index (Phi) is 10.4. The molecule has 0 spiro atoms. The number of hydrogen-bond acceptors (Lipinski definition) is 0. The van der Waals surface area contributed by atoms with Crippen molar-refractivity contribution in [1.29, 1.82) is 0 Å². The highest BCUT2D eigenvalue weighted by Crippen LogP contribution is 2.40. The van der Waals surface area contributed by atoms with Crippen molar-refractivity contribution in [2.45, 2.75) is 69.2 Å². The van der Waals surface area contributed by atoms with Crippen LogP contribution in [-0.4, -0.2) is 0 Å². The maximum atomic E-state index is 2.41. The highest BCUT2D eigenvalue weighted by atomic mass is 14.2. The van der Waals surface area contributed by atoms with Crippen LogP contribution < -0.4 is 0 Å². The minimum absolute atomic E-state index is 1.21. The van der Waals surface area contributed by atoms with Crippen LogP contribution >= 0.6 is 0 Å². The Balaban J connectivity index is 1.34. The second-order valence-corrected chi connectivity index (χ2v) is 17.3. The van der Waals surface area contributed by atoms with E-state index in [0.29, 0.717) is 0 Å². The first-order valence-corrected chi connectivity index (χ1v) is 20.6. The summed E-state index contributed by atoms with van der Waals surface area (Å²) in [6.07, 6.45) is 0. The predicted molar refractivity (Wildman–Crippen MR) is 252 cm³/mol. The topological polar surface area (TPSA) is 0 Å².